The van der Waals surface area contributed by atoms with Gasteiger partial charge in [0.2, 0.25) is 0 Å². The number of rotatable bonds is 3. The molecule has 0 aromatic heterocycles. The van der Waals surface area contributed by atoms with Crippen molar-refractivity contribution in [1.82, 2.24) is 0 Å². The number of hydrogen-bond donors (Lipinski definition) is 2. The fourth-order valence-electron chi connectivity index (χ4n) is 1.73. The van der Waals surface area contributed by atoms with E-state index in [1.165, 1.54) is 5.56 Å². The molecule has 82 valence electrons. The van der Waals surface area contributed by atoms with Gasteiger partial charge in [-0.2, -0.15) is 0 Å². The first-order valence-corrected chi connectivity index (χ1v) is 5.41. The molecule has 15 heavy (non-hydrogen) atoms. The van der Waals surface area contributed by atoms with Crippen LogP contribution in [0.15, 0.2) is 24.3 Å². The number of aliphatic hydroxyl groups is 1. The summed E-state index contributed by atoms with van der Waals surface area (Å²) in [6, 6.07) is 8.32. The van der Waals surface area contributed by atoms with Crippen molar-refractivity contribution < 1.29 is 9.84 Å². The molecule has 0 aliphatic carbocycles. The lowest BCUT2D eigenvalue weighted by Crippen LogP contribution is -2.31. The minimum absolute atomic E-state index is 0.0254. The summed E-state index contributed by atoms with van der Waals surface area (Å²) in [6.45, 7) is 3.15. The Morgan fingerprint density at radius 3 is 2.60 bits per heavy atom. The van der Waals surface area contributed by atoms with Crippen LogP contribution in [0.1, 0.15) is 12.5 Å². The molecule has 2 N–H and O–H groups in total. The maximum Gasteiger partial charge on any atom is 0.0996 e. The van der Waals surface area contributed by atoms with E-state index in [1.807, 2.05) is 12.1 Å². The van der Waals surface area contributed by atoms with Crippen molar-refractivity contribution in [1.29, 1.82) is 0 Å². The molecule has 3 nitrogen and oxygen atoms in total. The number of ether oxygens (including phenoxy) is 1. The van der Waals surface area contributed by atoms with Gasteiger partial charge in [-0.3, -0.25) is 0 Å². The first-order valence-electron chi connectivity index (χ1n) is 5.41. The molecule has 1 aliphatic rings. The van der Waals surface area contributed by atoms with Crippen molar-refractivity contribution in [3.05, 3.63) is 29.8 Å². The van der Waals surface area contributed by atoms with Crippen LogP contribution in [-0.2, 0) is 11.2 Å². The van der Waals surface area contributed by atoms with Gasteiger partial charge in [0.1, 0.15) is 0 Å². The molecule has 0 spiro atoms. The number of aliphatic hydroxyl groups excluding tert-OH is 1. The van der Waals surface area contributed by atoms with Crippen LogP contribution in [0.25, 0.3) is 0 Å². The topological polar surface area (TPSA) is 41.5 Å². The molecule has 0 bridgehead atoms. The van der Waals surface area contributed by atoms with E-state index in [9.17, 15) is 5.11 Å². The van der Waals surface area contributed by atoms with Crippen LogP contribution < -0.4 is 5.32 Å². The number of hydrogen-bond acceptors (Lipinski definition) is 3. The van der Waals surface area contributed by atoms with Gasteiger partial charge in [-0.25, -0.2) is 0 Å². The van der Waals surface area contributed by atoms with E-state index in [2.05, 4.69) is 24.4 Å². The molecule has 1 aromatic rings. The number of aryl methyl sites for hydroxylation is 1. The highest BCUT2D eigenvalue weighted by atomic mass is 16.5. The average molecular weight is 207 g/mol. The molecule has 1 saturated heterocycles. The van der Waals surface area contributed by atoms with Crippen LogP contribution in [0, 0.1) is 0 Å². The van der Waals surface area contributed by atoms with E-state index < -0.39 is 6.10 Å². The summed E-state index contributed by atoms with van der Waals surface area (Å²) in [6.07, 6.45) is 0.658. The number of benzene rings is 1. The standard InChI is InChI=1S/C12H17NO2/c1-2-9-3-5-10(6-4-9)13-11-7-15-8-12(11)14/h3-6,11-14H,2,7-8H2,1H3/t11-,12-/m1/s1. The minimum atomic E-state index is -0.393. The van der Waals surface area contributed by atoms with Gasteiger partial charge in [-0.15, -0.1) is 0 Å². The third-order valence-corrected chi connectivity index (χ3v) is 2.76. The van der Waals surface area contributed by atoms with Crippen LogP contribution in [0.2, 0.25) is 0 Å². The van der Waals surface area contributed by atoms with Crippen LogP contribution in [-0.4, -0.2) is 30.5 Å². The van der Waals surface area contributed by atoms with E-state index in [0.717, 1.165) is 12.1 Å². The Bertz CT molecular complexity index is 310. The van der Waals surface area contributed by atoms with Gasteiger partial charge in [-0.1, -0.05) is 19.1 Å². The van der Waals surface area contributed by atoms with E-state index in [0.29, 0.717) is 13.2 Å². The Morgan fingerprint density at radius 2 is 2.07 bits per heavy atom. The predicted molar refractivity (Wildman–Crippen MR) is 60.1 cm³/mol. The molecule has 1 aromatic carbocycles. The van der Waals surface area contributed by atoms with Crippen LogP contribution >= 0.6 is 0 Å². The normalized spacial score (nSPS) is 25.5. The lowest BCUT2D eigenvalue weighted by atomic mass is 10.1. The molecule has 2 atom stereocenters. The van der Waals surface area contributed by atoms with Crippen LogP contribution in [0.5, 0.6) is 0 Å². The molecular formula is C12H17NO2. The monoisotopic (exact) mass is 207 g/mol. The van der Waals surface area contributed by atoms with Crippen molar-refractivity contribution >= 4 is 5.69 Å². The first-order chi connectivity index (χ1) is 7.29. The van der Waals surface area contributed by atoms with Crippen LogP contribution in [0.4, 0.5) is 5.69 Å². The Morgan fingerprint density at radius 1 is 1.33 bits per heavy atom. The molecule has 1 heterocycles. The fraction of sp³-hybridized carbons (Fsp3) is 0.500. The van der Waals surface area contributed by atoms with Crippen molar-refractivity contribution in [3.63, 3.8) is 0 Å². The summed E-state index contributed by atoms with van der Waals surface area (Å²) in [5, 5.41) is 12.8. The largest absolute Gasteiger partial charge is 0.388 e. The molecule has 1 aliphatic heterocycles. The van der Waals surface area contributed by atoms with Gasteiger partial charge in [-0.05, 0) is 24.1 Å². The van der Waals surface area contributed by atoms with Crippen molar-refractivity contribution in [2.75, 3.05) is 18.5 Å². The van der Waals surface area contributed by atoms with Crippen molar-refractivity contribution in [2.24, 2.45) is 0 Å². The second kappa shape index (κ2) is 4.64. The summed E-state index contributed by atoms with van der Waals surface area (Å²) in [5.41, 5.74) is 2.37. The second-order valence-corrected chi connectivity index (χ2v) is 3.91. The third kappa shape index (κ3) is 2.49. The Balaban J connectivity index is 1.98. The highest BCUT2D eigenvalue weighted by Gasteiger charge is 2.25. The van der Waals surface area contributed by atoms with E-state index in [1.54, 1.807) is 0 Å². The molecule has 0 amide bonds. The number of anilines is 1. The summed E-state index contributed by atoms with van der Waals surface area (Å²) in [7, 11) is 0. The Labute approximate surface area is 90.1 Å². The highest BCUT2D eigenvalue weighted by Crippen LogP contribution is 2.15. The zero-order valence-electron chi connectivity index (χ0n) is 8.94. The van der Waals surface area contributed by atoms with Gasteiger partial charge >= 0.3 is 0 Å². The maximum atomic E-state index is 9.56. The van der Waals surface area contributed by atoms with Gasteiger partial charge < -0.3 is 15.2 Å². The maximum absolute atomic E-state index is 9.56. The van der Waals surface area contributed by atoms with Gasteiger partial charge in [0, 0.05) is 5.69 Å². The summed E-state index contributed by atoms with van der Waals surface area (Å²) in [5.74, 6) is 0. The van der Waals surface area contributed by atoms with Gasteiger partial charge in [0.25, 0.3) is 0 Å². The molecule has 3 heteroatoms. The molecular weight excluding hydrogens is 190 g/mol. The summed E-state index contributed by atoms with van der Waals surface area (Å²) >= 11 is 0. The molecule has 0 saturated carbocycles. The van der Waals surface area contributed by atoms with E-state index in [4.69, 9.17) is 4.74 Å². The van der Waals surface area contributed by atoms with Crippen molar-refractivity contribution in [3.8, 4) is 0 Å². The Kier molecular flexibility index (Phi) is 3.23. The predicted octanol–water partition coefficient (Wildman–Crippen LogP) is 1.42. The molecule has 0 radical (unpaired) electrons. The fourth-order valence-corrected chi connectivity index (χ4v) is 1.73. The zero-order chi connectivity index (χ0) is 10.7. The lowest BCUT2D eigenvalue weighted by molar-refractivity contribution is 0.125. The molecule has 0 unspecified atom stereocenters. The zero-order valence-corrected chi connectivity index (χ0v) is 8.94. The SMILES string of the molecule is CCc1ccc(N[C@@H]2COC[C@H]2O)cc1. The van der Waals surface area contributed by atoms with Crippen molar-refractivity contribution in [2.45, 2.75) is 25.5 Å². The Hall–Kier alpha value is -1.06. The smallest absolute Gasteiger partial charge is 0.0996 e. The van der Waals surface area contributed by atoms with Gasteiger partial charge in [0.15, 0.2) is 0 Å². The van der Waals surface area contributed by atoms with Crippen LogP contribution in [0.3, 0.4) is 0 Å². The van der Waals surface area contributed by atoms with E-state index in [-0.39, 0.29) is 6.04 Å². The molecule has 1 fully saturated rings. The van der Waals surface area contributed by atoms with E-state index >= 15 is 0 Å². The third-order valence-electron chi connectivity index (χ3n) is 2.76. The summed E-state index contributed by atoms with van der Waals surface area (Å²) in [4.78, 5) is 0. The average Bonchev–Trinajstić information content (AvgIpc) is 2.66. The summed E-state index contributed by atoms with van der Waals surface area (Å²) < 4.78 is 5.17. The first kappa shape index (κ1) is 10.5. The highest BCUT2D eigenvalue weighted by molar-refractivity contribution is 5.45. The molecule has 2 rings (SSSR count). The van der Waals surface area contributed by atoms with Gasteiger partial charge in [0.05, 0.1) is 25.4 Å². The minimum Gasteiger partial charge on any atom is -0.388 e. The lowest BCUT2D eigenvalue weighted by Gasteiger charge is -2.16. The quantitative estimate of drug-likeness (QED) is 0.787. The number of nitrogens with one attached hydrogen (secondary N) is 1. The second-order valence-electron chi connectivity index (χ2n) is 3.91.